The van der Waals surface area contributed by atoms with Gasteiger partial charge in [0.15, 0.2) is 0 Å². The van der Waals surface area contributed by atoms with Gasteiger partial charge in [0, 0.05) is 41.5 Å². The number of hydrogen-bond donors (Lipinski definition) is 2. The van der Waals surface area contributed by atoms with Crippen molar-refractivity contribution < 1.29 is 13.9 Å². The Morgan fingerprint density at radius 1 is 1.41 bits per heavy atom. The van der Waals surface area contributed by atoms with Crippen LogP contribution in [0.2, 0.25) is 5.02 Å². The van der Waals surface area contributed by atoms with Gasteiger partial charge < -0.3 is 15.4 Å². The van der Waals surface area contributed by atoms with Gasteiger partial charge >= 0.3 is 6.03 Å². The Morgan fingerprint density at radius 2 is 2.21 bits per heavy atom. The van der Waals surface area contributed by atoms with Crippen molar-refractivity contribution in [3.8, 4) is 12.3 Å². The summed E-state index contributed by atoms with van der Waals surface area (Å²) in [5, 5.41) is 5.90. The number of nitrogens with one attached hydrogen (secondary N) is 2. The number of halogens is 2. The quantitative estimate of drug-likeness (QED) is 0.724. The molecule has 152 valence electrons. The standard InChI is InChI=1S/C22H23ClFN3O2/c1-3-16-6-4-7-17(12-16)26-22(28)25-13-20(27-10-11-29-15(2)14-27)21-18(23)8-5-9-19(21)24/h1,4-9,12,15,20H,10-11,13-14H2,2H3,(H2,25,26,28). The molecule has 0 radical (unpaired) electrons. The molecule has 0 saturated carbocycles. The SMILES string of the molecule is C#Cc1cccc(NC(=O)NCC(c2c(F)cccc2Cl)N2CCOC(C)C2)c1. The average molecular weight is 416 g/mol. The highest BCUT2D eigenvalue weighted by Crippen LogP contribution is 2.31. The molecule has 7 heteroatoms. The summed E-state index contributed by atoms with van der Waals surface area (Å²) in [5.41, 5.74) is 1.62. The topological polar surface area (TPSA) is 53.6 Å². The van der Waals surface area contributed by atoms with Crippen molar-refractivity contribution in [2.24, 2.45) is 0 Å². The summed E-state index contributed by atoms with van der Waals surface area (Å²) in [6, 6.07) is 10.8. The van der Waals surface area contributed by atoms with E-state index in [-0.39, 0.29) is 12.6 Å². The molecular weight excluding hydrogens is 393 g/mol. The van der Waals surface area contributed by atoms with Crippen molar-refractivity contribution in [2.45, 2.75) is 19.1 Å². The van der Waals surface area contributed by atoms with Gasteiger partial charge in [-0.1, -0.05) is 29.7 Å². The van der Waals surface area contributed by atoms with E-state index in [0.717, 1.165) is 0 Å². The van der Waals surface area contributed by atoms with Crippen LogP contribution in [0.5, 0.6) is 0 Å². The summed E-state index contributed by atoms with van der Waals surface area (Å²) in [6.07, 6.45) is 5.40. The number of hydrogen-bond acceptors (Lipinski definition) is 3. The molecule has 2 unspecified atom stereocenters. The number of terminal acetylenes is 1. The van der Waals surface area contributed by atoms with Gasteiger partial charge in [0.2, 0.25) is 0 Å². The number of anilines is 1. The molecule has 0 aromatic heterocycles. The molecule has 1 heterocycles. The van der Waals surface area contributed by atoms with Crippen LogP contribution in [0, 0.1) is 18.2 Å². The summed E-state index contributed by atoms with van der Waals surface area (Å²) in [5.74, 6) is 2.13. The Hall–Kier alpha value is -2.59. The van der Waals surface area contributed by atoms with Crippen LogP contribution in [0.25, 0.3) is 0 Å². The fraction of sp³-hybridized carbons (Fsp3) is 0.318. The lowest BCUT2D eigenvalue weighted by atomic mass is 10.0. The monoisotopic (exact) mass is 415 g/mol. The van der Waals surface area contributed by atoms with Gasteiger partial charge in [0.25, 0.3) is 0 Å². The molecule has 1 fully saturated rings. The van der Waals surface area contributed by atoms with Gasteiger partial charge in [-0.25, -0.2) is 9.18 Å². The molecule has 2 aromatic rings. The third kappa shape index (κ3) is 5.48. The van der Waals surface area contributed by atoms with Crippen molar-refractivity contribution >= 4 is 23.3 Å². The van der Waals surface area contributed by atoms with Gasteiger partial charge in [-0.05, 0) is 37.3 Å². The molecule has 0 spiro atoms. The smallest absolute Gasteiger partial charge is 0.319 e. The Bertz CT molecular complexity index is 895. The van der Waals surface area contributed by atoms with E-state index in [1.165, 1.54) is 6.07 Å². The number of carbonyl (C=O) groups is 1. The van der Waals surface area contributed by atoms with Crippen LogP contribution in [0.3, 0.4) is 0 Å². The third-order valence-electron chi connectivity index (χ3n) is 4.79. The first-order valence-electron chi connectivity index (χ1n) is 9.39. The number of nitrogens with zero attached hydrogens (tertiary/aromatic N) is 1. The van der Waals surface area contributed by atoms with Crippen LogP contribution in [-0.2, 0) is 4.74 Å². The van der Waals surface area contributed by atoms with Crippen LogP contribution in [0.1, 0.15) is 24.1 Å². The van der Waals surface area contributed by atoms with Crippen LogP contribution >= 0.6 is 11.6 Å². The second-order valence-corrected chi connectivity index (χ2v) is 7.29. The minimum Gasteiger partial charge on any atom is -0.376 e. The zero-order valence-corrected chi connectivity index (χ0v) is 16.9. The summed E-state index contributed by atoms with van der Waals surface area (Å²) in [6.45, 7) is 3.92. The Labute approximate surface area is 175 Å². The van der Waals surface area contributed by atoms with E-state index in [1.54, 1.807) is 36.4 Å². The molecule has 1 saturated heterocycles. The van der Waals surface area contributed by atoms with Crippen molar-refractivity contribution in [3.63, 3.8) is 0 Å². The average Bonchev–Trinajstić information content (AvgIpc) is 2.70. The molecule has 0 bridgehead atoms. The van der Waals surface area contributed by atoms with Crippen LogP contribution in [0.4, 0.5) is 14.9 Å². The predicted molar refractivity (Wildman–Crippen MR) is 113 cm³/mol. The molecule has 2 aromatic carbocycles. The molecule has 5 nitrogen and oxygen atoms in total. The first kappa shape index (κ1) is 21.1. The van der Waals surface area contributed by atoms with Gasteiger partial charge in [-0.2, -0.15) is 0 Å². The number of urea groups is 1. The van der Waals surface area contributed by atoms with E-state index in [0.29, 0.717) is 41.5 Å². The number of rotatable bonds is 5. The summed E-state index contributed by atoms with van der Waals surface area (Å²) < 4.78 is 20.2. The van der Waals surface area contributed by atoms with Crippen molar-refractivity contribution in [2.75, 3.05) is 31.6 Å². The molecule has 1 aliphatic heterocycles. The van der Waals surface area contributed by atoms with Crippen LogP contribution in [-0.4, -0.2) is 43.3 Å². The number of carbonyl (C=O) groups excluding carboxylic acids is 1. The van der Waals surface area contributed by atoms with Crippen molar-refractivity contribution in [3.05, 3.63) is 64.4 Å². The van der Waals surface area contributed by atoms with Gasteiger partial charge in [-0.15, -0.1) is 6.42 Å². The van der Waals surface area contributed by atoms with Crippen LogP contribution in [0.15, 0.2) is 42.5 Å². The maximum Gasteiger partial charge on any atom is 0.319 e. The maximum atomic E-state index is 14.6. The van der Waals surface area contributed by atoms with E-state index in [4.69, 9.17) is 22.8 Å². The fourth-order valence-electron chi connectivity index (χ4n) is 3.42. The van der Waals surface area contributed by atoms with Gasteiger partial charge in [-0.3, -0.25) is 4.90 Å². The lowest BCUT2D eigenvalue weighted by molar-refractivity contribution is -0.0344. The minimum atomic E-state index is -0.419. The van der Waals surface area contributed by atoms with E-state index >= 15 is 0 Å². The van der Waals surface area contributed by atoms with Gasteiger partial charge in [0.1, 0.15) is 5.82 Å². The molecule has 0 aliphatic carbocycles. The minimum absolute atomic E-state index is 0.0112. The molecular formula is C22H23ClFN3O2. The molecule has 1 aliphatic rings. The lowest BCUT2D eigenvalue weighted by Gasteiger charge is -2.38. The number of morpholine rings is 1. The second kappa shape index (κ2) is 9.75. The normalized spacial score (nSPS) is 17.9. The second-order valence-electron chi connectivity index (χ2n) is 6.89. The highest BCUT2D eigenvalue weighted by atomic mass is 35.5. The molecule has 29 heavy (non-hydrogen) atoms. The molecule has 2 atom stereocenters. The zero-order valence-electron chi connectivity index (χ0n) is 16.1. The largest absolute Gasteiger partial charge is 0.376 e. The van der Waals surface area contributed by atoms with E-state index < -0.39 is 17.9 Å². The van der Waals surface area contributed by atoms with E-state index in [1.807, 2.05) is 6.92 Å². The van der Waals surface area contributed by atoms with E-state index in [9.17, 15) is 9.18 Å². The van der Waals surface area contributed by atoms with Crippen molar-refractivity contribution in [1.29, 1.82) is 0 Å². The first-order chi connectivity index (χ1) is 14.0. The third-order valence-corrected chi connectivity index (χ3v) is 5.12. The number of benzene rings is 2. The highest BCUT2D eigenvalue weighted by Gasteiger charge is 2.29. The summed E-state index contributed by atoms with van der Waals surface area (Å²) >= 11 is 6.31. The number of ether oxygens (including phenoxy) is 1. The van der Waals surface area contributed by atoms with Crippen LogP contribution < -0.4 is 10.6 Å². The van der Waals surface area contributed by atoms with Gasteiger partial charge in [0.05, 0.1) is 18.8 Å². The van der Waals surface area contributed by atoms with E-state index in [2.05, 4.69) is 21.5 Å². The fourth-order valence-corrected chi connectivity index (χ4v) is 3.71. The summed E-state index contributed by atoms with van der Waals surface area (Å²) in [4.78, 5) is 14.5. The molecule has 2 N–H and O–H groups in total. The maximum absolute atomic E-state index is 14.6. The summed E-state index contributed by atoms with van der Waals surface area (Å²) in [7, 11) is 0. The Morgan fingerprint density at radius 3 is 2.93 bits per heavy atom. The van der Waals surface area contributed by atoms with Crippen molar-refractivity contribution in [1.82, 2.24) is 10.2 Å². The Balaban J connectivity index is 1.74. The predicted octanol–water partition coefficient (Wildman–Crippen LogP) is 4.04. The lowest BCUT2D eigenvalue weighted by Crippen LogP contribution is -2.47. The zero-order chi connectivity index (χ0) is 20.8. The first-order valence-corrected chi connectivity index (χ1v) is 9.77. The molecule has 2 amide bonds. The molecule has 3 rings (SSSR count). The Kier molecular flexibility index (Phi) is 7.10. The number of amides is 2. The highest BCUT2D eigenvalue weighted by molar-refractivity contribution is 6.31.